The summed E-state index contributed by atoms with van der Waals surface area (Å²) >= 11 is 0. The standard InChI is InChI=1S/C22H28N2O2/c1-15-4-6-20(26-3)18(10-15)13-24-12-17-8-9-22(25,19(17)14-24)21-7-5-16(2)11-23-21/h4-7,10-11,17,19,25H,8-9,12-14H2,1-3H3/t17-,19-,22-/m0/s1. The molecule has 1 aromatic carbocycles. The number of pyridine rings is 1. The Morgan fingerprint density at radius 2 is 2.00 bits per heavy atom. The Morgan fingerprint density at radius 3 is 2.73 bits per heavy atom. The SMILES string of the molecule is COc1ccc(C)cc1CN1C[C@@H]2CC[C@@](O)(c3ccc(C)cn3)[C@H]2C1. The lowest BCUT2D eigenvalue weighted by molar-refractivity contribution is -0.0108. The maximum atomic E-state index is 11.4. The van der Waals surface area contributed by atoms with Gasteiger partial charge in [0.05, 0.1) is 12.8 Å². The molecule has 4 nitrogen and oxygen atoms in total. The van der Waals surface area contributed by atoms with Crippen LogP contribution in [0.15, 0.2) is 36.5 Å². The highest BCUT2D eigenvalue weighted by Gasteiger charge is 2.53. The third-order valence-electron chi connectivity index (χ3n) is 6.21. The predicted molar refractivity (Wildman–Crippen MR) is 102 cm³/mol. The Hall–Kier alpha value is -1.91. The molecule has 1 N–H and O–H groups in total. The van der Waals surface area contributed by atoms with Crippen molar-refractivity contribution < 1.29 is 9.84 Å². The van der Waals surface area contributed by atoms with E-state index >= 15 is 0 Å². The van der Waals surface area contributed by atoms with Crippen LogP contribution in [0.5, 0.6) is 5.75 Å². The van der Waals surface area contributed by atoms with Gasteiger partial charge in [-0.05, 0) is 50.3 Å². The van der Waals surface area contributed by atoms with Gasteiger partial charge in [-0.3, -0.25) is 9.88 Å². The van der Waals surface area contributed by atoms with Gasteiger partial charge in [0, 0.05) is 37.3 Å². The number of hydrogen-bond donors (Lipinski definition) is 1. The van der Waals surface area contributed by atoms with E-state index in [9.17, 15) is 5.11 Å². The molecule has 0 bridgehead atoms. The summed E-state index contributed by atoms with van der Waals surface area (Å²) < 4.78 is 5.54. The summed E-state index contributed by atoms with van der Waals surface area (Å²) in [7, 11) is 1.73. The second-order valence-electron chi connectivity index (χ2n) is 8.06. The Bertz CT molecular complexity index is 789. The number of rotatable bonds is 4. The van der Waals surface area contributed by atoms with Crippen LogP contribution in [0.2, 0.25) is 0 Å². The van der Waals surface area contributed by atoms with Gasteiger partial charge in [-0.1, -0.05) is 23.8 Å². The first-order valence-corrected chi connectivity index (χ1v) is 9.51. The molecule has 138 valence electrons. The molecule has 4 rings (SSSR count). The van der Waals surface area contributed by atoms with Gasteiger partial charge in [0.2, 0.25) is 0 Å². The van der Waals surface area contributed by atoms with Crippen molar-refractivity contribution in [3.05, 3.63) is 58.9 Å². The van der Waals surface area contributed by atoms with Crippen molar-refractivity contribution in [2.75, 3.05) is 20.2 Å². The molecule has 1 aromatic heterocycles. The van der Waals surface area contributed by atoms with Crippen molar-refractivity contribution in [1.82, 2.24) is 9.88 Å². The first kappa shape index (κ1) is 17.5. The average Bonchev–Trinajstić information content (AvgIpc) is 3.16. The van der Waals surface area contributed by atoms with E-state index in [1.165, 1.54) is 11.1 Å². The molecule has 2 aliphatic rings. The molecule has 26 heavy (non-hydrogen) atoms. The summed E-state index contributed by atoms with van der Waals surface area (Å²) in [6, 6.07) is 10.4. The number of ether oxygens (including phenoxy) is 1. The van der Waals surface area contributed by atoms with Crippen molar-refractivity contribution in [3.8, 4) is 5.75 Å². The Morgan fingerprint density at radius 1 is 1.19 bits per heavy atom. The summed E-state index contributed by atoms with van der Waals surface area (Å²) in [4.78, 5) is 7.02. The van der Waals surface area contributed by atoms with Crippen molar-refractivity contribution in [3.63, 3.8) is 0 Å². The molecule has 1 aliphatic carbocycles. The van der Waals surface area contributed by atoms with Crippen molar-refractivity contribution in [2.24, 2.45) is 11.8 Å². The molecule has 1 aliphatic heterocycles. The summed E-state index contributed by atoms with van der Waals surface area (Å²) in [6.45, 7) is 6.97. The molecule has 1 saturated carbocycles. The van der Waals surface area contributed by atoms with Gasteiger partial charge in [0.25, 0.3) is 0 Å². The number of benzene rings is 1. The summed E-state index contributed by atoms with van der Waals surface area (Å²) in [5, 5.41) is 11.4. The molecule has 3 atom stereocenters. The van der Waals surface area contributed by atoms with Gasteiger partial charge in [-0.25, -0.2) is 0 Å². The second kappa shape index (κ2) is 6.67. The molecule has 0 spiro atoms. The highest BCUT2D eigenvalue weighted by molar-refractivity contribution is 5.37. The number of aliphatic hydroxyl groups is 1. The molecule has 2 aromatic rings. The predicted octanol–water partition coefficient (Wildman–Crippen LogP) is 3.44. The van der Waals surface area contributed by atoms with Crippen molar-refractivity contribution in [1.29, 1.82) is 0 Å². The maximum Gasteiger partial charge on any atom is 0.123 e. The fourth-order valence-electron chi connectivity index (χ4n) is 4.83. The topological polar surface area (TPSA) is 45.6 Å². The molecule has 1 saturated heterocycles. The van der Waals surface area contributed by atoms with E-state index in [0.29, 0.717) is 5.92 Å². The van der Waals surface area contributed by atoms with Crippen LogP contribution in [-0.2, 0) is 12.1 Å². The molecular formula is C22H28N2O2. The summed E-state index contributed by atoms with van der Waals surface area (Å²) in [5.41, 5.74) is 3.66. The van der Waals surface area contributed by atoms with Crippen molar-refractivity contribution >= 4 is 0 Å². The van der Waals surface area contributed by atoms with E-state index in [2.05, 4.69) is 35.0 Å². The summed E-state index contributed by atoms with van der Waals surface area (Å²) in [5.74, 6) is 1.75. The van der Waals surface area contributed by atoms with E-state index in [4.69, 9.17) is 4.74 Å². The first-order chi connectivity index (χ1) is 12.5. The molecular weight excluding hydrogens is 324 g/mol. The lowest BCUT2D eigenvalue weighted by atomic mass is 9.85. The second-order valence-corrected chi connectivity index (χ2v) is 8.06. The smallest absolute Gasteiger partial charge is 0.123 e. The minimum atomic E-state index is -0.788. The lowest BCUT2D eigenvalue weighted by Gasteiger charge is -2.30. The molecule has 0 unspecified atom stereocenters. The van der Waals surface area contributed by atoms with Gasteiger partial charge in [0.15, 0.2) is 0 Å². The number of methoxy groups -OCH3 is 1. The van der Waals surface area contributed by atoms with Gasteiger partial charge < -0.3 is 9.84 Å². The normalized spacial score (nSPS) is 28.3. The Labute approximate surface area is 155 Å². The van der Waals surface area contributed by atoms with E-state index in [-0.39, 0.29) is 5.92 Å². The zero-order valence-corrected chi connectivity index (χ0v) is 15.9. The van der Waals surface area contributed by atoms with E-state index < -0.39 is 5.60 Å². The molecule has 0 radical (unpaired) electrons. The quantitative estimate of drug-likeness (QED) is 0.916. The van der Waals surface area contributed by atoms with Crippen molar-refractivity contribution in [2.45, 2.75) is 38.8 Å². The monoisotopic (exact) mass is 352 g/mol. The van der Waals surface area contributed by atoms with Gasteiger partial charge in [-0.15, -0.1) is 0 Å². The largest absolute Gasteiger partial charge is 0.496 e. The van der Waals surface area contributed by atoms with Crippen LogP contribution < -0.4 is 4.74 Å². The van der Waals surface area contributed by atoms with Gasteiger partial charge >= 0.3 is 0 Å². The van der Waals surface area contributed by atoms with Crippen LogP contribution in [0, 0.1) is 25.7 Å². The van der Waals surface area contributed by atoms with Crippen LogP contribution in [0.3, 0.4) is 0 Å². The zero-order valence-electron chi connectivity index (χ0n) is 15.9. The number of hydrogen-bond acceptors (Lipinski definition) is 4. The number of likely N-dealkylation sites (tertiary alicyclic amines) is 1. The number of aryl methyl sites for hydroxylation is 2. The number of aromatic nitrogens is 1. The number of nitrogens with zero attached hydrogens (tertiary/aromatic N) is 2. The van der Waals surface area contributed by atoms with E-state index in [0.717, 1.165) is 49.5 Å². The number of fused-ring (bicyclic) bond motifs is 1. The average molecular weight is 352 g/mol. The third kappa shape index (κ3) is 3.01. The van der Waals surface area contributed by atoms with E-state index in [1.807, 2.05) is 25.3 Å². The molecule has 4 heteroatoms. The third-order valence-corrected chi connectivity index (χ3v) is 6.21. The van der Waals surface area contributed by atoms with Crippen LogP contribution in [-0.4, -0.2) is 35.2 Å². The summed E-state index contributed by atoms with van der Waals surface area (Å²) in [6.07, 6.45) is 3.75. The Balaban J connectivity index is 1.53. The van der Waals surface area contributed by atoms with Gasteiger partial charge in [-0.2, -0.15) is 0 Å². The van der Waals surface area contributed by atoms with Crippen LogP contribution in [0.25, 0.3) is 0 Å². The van der Waals surface area contributed by atoms with E-state index in [1.54, 1.807) is 7.11 Å². The fraction of sp³-hybridized carbons (Fsp3) is 0.500. The minimum Gasteiger partial charge on any atom is -0.496 e. The van der Waals surface area contributed by atoms with Crippen LogP contribution in [0.1, 0.15) is 35.2 Å². The first-order valence-electron chi connectivity index (χ1n) is 9.51. The zero-order chi connectivity index (χ0) is 18.3. The Kier molecular flexibility index (Phi) is 4.49. The maximum absolute atomic E-state index is 11.4. The highest BCUT2D eigenvalue weighted by atomic mass is 16.5. The minimum absolute atomic E-state index is 0.258. The molecule has 0 amide bonds. The fourth-order valence-corrected chi connectivity index (χ4v) is 4.83. The van der Waals surface area contributed by atoms with Crippen LogP contribution in [0.4, 0.5) is 0 Å². The van der Waals surface area contributed by atoms with Crippen LogP contribution >= 0.6 is 0 Å². The highest BCUT2D eigenvalue weighted by Crippen LogP contribution is 2.50. The molecule has 2 fully saturated rings. The molecule has 2 heterocycles. The van der Waals surface area contributed by atoms with Gasteiger partial charge in [0.1, 0.15) is 11.4 Å². The lowest BCUT2D eigenvalue weighted by Crippen LogP contribution is -2.35.